The van der Waals surface area contributed by atoms with Crippen LogP contribution in [-0.2, 0) is 6.42 Å². The molecule has 0 aliphatic rings. The van der Waals surface area contributed by atoms with Crippen LogP contribution >= 0.6 is 22.7 Å². The number of nitrogens with one attached hydrogen (secondary N) is 1. The van der Waals surface area contributed by atoms with Crippen LogP contribution in [0.3, 0.4) is 0 Å². The number of aromatic nitrogens is 2. The van der Waals surface area contributed by atoms with Crippen LogP contribution in [0.1, 0.15) is 36.0 Å². The highest BCUT2D eigenvalue weighted by Gasteiger charge is 2.16. The van der Waals surface area contributed by atoms with Crippen LogP contribution in [0.5, 0.6) is 5.75 Å². The maximum absolute atomic E-state index is 11.7. The summed E-state index contributed by atoms with van der Waals surface area (Å²) in [6.07, 6.45) is 3.55. The molecule has 0 aliphatic heterocycles. The molecule has 0 unspecified atom stereocenters. The minimum atomic E-state index is 0.502. The van der Waals surface area contributed by atoms with Crippen molar-refractivity contribution in [2.45, 2.75) is 27.2 Å². The second-order valence-electron chi connectivity index (χ2n) is 7.73. The van der Waals surface area contributed by atoms with Gasteiger partial charge in [-0.05, 0) is 48.9 Å². The molecule has 0 fully saturated rings. The van der Waals surface area contributed by atoms with Crippen molar-refractivity contribution in [2.24, 2.45) is 5.92 Å². The Kier molecular flexibility index (Phi) is 6.97. The highest BCUT2D eigenvalue weighted by molar-refractivity contribution is 7.16. The van der Waals surface area contributed by atoms with E-state index in [0.717, 1.165) is 45.3 Å². The smallest absolute Gasteiger partial charge is 0.189 e. The summed E-state index contributed by atoms with van der Waals surface area (Å²) < 4.78 is 5.68. The van der Waals surface area contributed by atoms with Crippen LogP contribution in [0.25, 0.3) is 21.7 Å². The lowest BCUT2D eigenvalue weighted by Gasteiger charge is -2.07. The number of anilines is 2. The Labute approximate surface area is 196 Å². The zero-order valence-electron chi connectivity index (χ0n) is 18.3. The molecule has 0 bridgehead atoms. The van der Waals surface area contributed by atoms with E-state index in [-0.39, 0.29) is 0 Å². The molecule has 4 rings (SSSR count). The number of carbonyl (C=O) groups is 1. The molecule has 5 nitrogen and oxygen atoms in total. The zero-order valence-corrected chi connectivity index (χ0v) is 19.9. The molecule has 3 aromatic heterocycles. The van der Waals surface area contributed by atoms with Crippen molar-refractivity contribution in [1.29, 1.82) is 0 Å². The molecule has 0 saturated heterocycles. The number of carbonyl (C=O) groups excluding carboxylic acids is 1. The zero-order chi connectivity index (χ0) is 22.5. The number of thiophene rings is 1. The molecule has 0 spiro atoms. The van der Waals surface area contributed by atoms with E-state index in [2.05, 4.69) is 30.2 Å². The van der Waals surface area contributed by atoms with Gasteiger partial charge in [0.2, 0.25) is 0 Å². The van der Waals surface area contributed by atoms with E-state index in [1.165, 1.54) is 4.88 Å². The lowest BCUT2D eigenvalue weighted by molar-refractivity contribution is 0.112. The van der Waals surface area contributed by atoms with E-state index in [4.69, 9.17) is 9.72 Å². The van der Waals surface area contributed by atoms with Gasteiger partial charge in [0.15, 0.2) is 11.4 Å². The maximum Gasteiger partial charge on any atom is 0.189 e. The van der Waals surface area contributed by atoms with Crippen molar-refractivity contribution in [3.63, 3.8) is 0 Å². The van der Waals surface area contributed by atoms with Gasteiger partial charge in [0, 0.05) is 32.6 Å². The topological polar surface area (TPSA) is 64.1 Å². The van der Waals surface area contributed by atoms with Gasteiger partial charge in [-0.1, -0.05) is 32.0 Å². The predicted octanol–water partition coefficient (Wildman–Crippen LogP) is 7.09. The Bertz CT molecular complexity index is 1200. The number of pyridine rings is 1. The van der Waals surface area contributed by atoms with Crippen LogP contribution in [0.15, 0.2) is 54.0 Å². The van der Waals surface area contributed by atoms with Gasteiger partial charge in [0.1, 0.15) is 11.6 Å². The van der Waals surface area contributed by atoms with Crippen molar-refractivity contribution in [2.75, 3.05) is 11.9 Å². The monoisotopic (exact) mass is 463 g/mol. The first-order valence-electron chi connectivity index (χ1n) is 10.6. The first kappa shape index (κ1) is 22.2. The second kappa shape index (κ2) is 10.1. The average molecular weight is 464 g/mol. The molecule has 0 aliphatic carbocycles. The van der Waals surface area contributed by atoms with E-state index >= 15 is 0 Å². The van der Waals surface area contributed by atoms with E-state index in [9.17, 15) is 4.79 Å². The summed E-state index contributed by atoms with van der Waals surface area (Å²) in [5, 5.41) is 6.05. The normalized spacial score (nSPS) is 11.0. The van der Waals surface area contributed by atoms with Gasteiger partial charge in [-0.2, -0.15) is 0 Å². The minimum Gasteiger partial charge on any atom is -0.494 e. The summed E-state index contributed by atoms with van der Waals surface area (Å²) in [6.45, 7) is 7.01. The summed E-state index contributed by atoms with van der Waals surface area (Å²) in [6, 6.07) is 13.8. The van der Waals surface area contributed by atoms with Gasteiger partial charge >= 0.3 is 0 Å². The molecule has 0 amide bonds. The van der Waals surface area contributed by atoms with Crippen molar-refractivity contribution < 1.29 is 9.53 Å². The molecular weight excluding hydrogens is 438 g/mol. The number of hydrogen-bond donors (Lipinski definition) is 1. The van der Waals surface area contributed by atoms with Crippen LogP contribution < -0.4 is 10.1 Å². The van der Waals surface area contributed by atoms with Gasteiger partial charge in [-0.15, -0.1) is 22.7 Å². The number of hydrogen-bond acceptors (Lipinski definition) is 7. The average Bonchev–Trinajstić information content (AvgIpc) is 3.44. The third kappa shape index (κ3) is 5.06. The fraction of sp³-hybridized carbons (Fsp3) is 0.240. The SMILES string of the molecule is CCOc1cccc(-c2nc(Nc3cc(C=O)c(-c4cccs4)cn3)sc2CC(C)C)c1. The first-order chi connectivity index (χ1) is 15.6. The van der Waals surface area contributed by atoms with E-state index in [1.807, 2.05) is 42.6 Å². The van der Waals surface area contributed by atoms with Crippen molar-refractivity contribution >= 4 is 39.9 Å². The minimum absolute atomic E-state index is 0.502. The van der Waals surface area contributed by atoms with E-state index in [1.54, 1.807) is 34.9 Å². The summed E-state index contributed by atoms with van der Waals surface area (Å²) >= 11 is 3.21. The largest absolute Gasteiger partial charge is 0.494 e. The summed E-state index contributed by atoms with van der Waals surface area (Å²) in [5.74, 6) is 1.94. The fourth-order valence-electron chi connectivity index (χ4n) is 3.42. The number of aldehydes is 1. The summed E-state index contributed by atoms with van der Waals surface area (Å²) in [7, 11) is 0. The summed E-state index contributed by atoms with van der Waals surface area (Å²) in [5.41, 5.74) is 3.44. The Balaban J connectivity index is 1.66. The molecule has 1 aromatic carbocycles. The highest BCUT2D eigenvalue weighted by Crippen LogP contribution is 2.36. The van der Waals surface area contributed by atoms with E-state index < -0.39 is 0 Å². The molecule has 32 heavy (non-hydrogen) atoms. The number of nitrogens with zero attached hydrogens (tertiary/aromatic N) is 2. The molecule has 3 heterocycles. The number of benzene rings is 1. The fourth-order valence-corrected chi connectivity index (χ4v) is 5.38. The number of ether oxygens (including phenoxy) is 1. The van der Waals surface area contributed by atoms with Gasteiger partial charge in [-0.25, -0.2) is 9.97 Å². The lowest BCUT2D eigenvalue weighted by atomic mass is 10.0. The Morgan fingerprint density at radius 1 is 1.19 bits per heavy atom. The van der Waals surface area contributed by atoms with Gasteiger partial charge in [-0.3, -0.25) is 4.79 Å². The van der Waals surface area contributed by atoms with Crippen molar-refractivity contribution in [3.05, 3.63) is 64.5 Å². The Morgan fingerprint density at radius 3 is 2.78 bits per heavy atom. The highest BCUT2D eigenvalue weighted by atomic mass is 32.1. The first-order valence-corrected chi connectivity index (χ1v) is 12.3. The molecule has 0 saturated carbocycles. The molecule has 0 radical (unpaired) electrons. The molecule has 4 aromatic rings. The Hall–Kier alpha value is -3.03. The predicted molar refractivity (Wildman–Crippen MR) is 133 cm³/mol. The molecular formula is C25H25N3O2S2. The van der Waals surface area contributed by atoms with Crippen LogP contribution in [0.4, 0.5) is 10.9 Å². The molecule has 1 N–H and O–H groups in total. The summed E-state index contributed by atoms with van der Waals surface area (Å²) in [4.78, 5) is 23.4. The second-order valence-corrected chi connectivity index (χ2v) is 9.76. The Morgan fingerprint density at radius 2 is 2.06 bits per heavy atom. The lowest BCUT2D eigenvalue weighted by Crippen LogP contribution is -1.96. The van der Waals surface area contributed by atoms with Crippen molar-refractivity contribution in [3.8, 4) is 27.4 Å². The maximum atomic E-state index is 11.7. The van der Waals surface area contributed by atoms with Crippen LogP contribution in [0.2, 0.25) is 0 Å². The number of rotatable bonds is 9. The molecule has 7 heteroatoms. The van der Waals surface area contributed by atoms with Crippen LogP contribution in [0, 0.1) is 5.92 Å². The van der Waals surface area contributed by atoms with Crippen LogP contribution in [-0.4, -0.2) is 22.9 Å². The standard InChI is InChI=1S/C25H25N3O2S2/c1-4-30-19-8-5-7-17(12-19)24-22(11-16(2)3)32-25(28-24)27-23-13-18(15-29)20(14-26-23)21-9-6-10-31-21/h5-10,12-16H,4,11H2,1-3H3,(H,26,27,28). The van der Waals surface area contributed by atoms with E-state index in [0.29, 0.717) is 23.9 Å². The number of thiazole rings is 1. The third-order valence-electron chi connectivity index (χ3n) is 4.79. The third-order valence-corrected chi connectivity index (χ3v) is 6.69. The van der Waals surface area contributed by atoms with Gasteiger partial charge < -0.3 is 10.1 Å². The quantitative estimate of drug-likeness (QED) is 0.269. The molecule has 0 atom stereocenters. The molecule has 164 valence electrons. The van der Waals surface area contributed by atoms with Crippen molar-refractivity contribution in [1.82, 2.24) is 9.97 Å². The van der Waals surface area contributed by atoms with Gasteiger partial charge in [0.05, 0.1) is 12.3 Å². The van der Waals surface area contributed by atoms with Gasteiger partial charge in [0.25, 0.3) is 0 Å².